The van der Waals surface area contributed by atoms with Crippen LogP contribution < -0.4 is 11.1 Å². The highest BCUT2D eigenvalue weighted by atomic mass is 32.1. The molecule has 18 heavy (non-hydrogen) atoms. The smallest absolute Gasteiger partial charge is 0.117 e. The topological polar surface area (TPSA) is 63.8 Å². The van der Waals surface area contributed by atoms with Crippen LogP contribution in [0.4, 0.5) is 5.00 Å². The number of aromatic nitrogens is 2. The first-order valence-electron chi connectivity index (χ1n) is 6.15. The van der Waals surface area contributed by atoms with Crippen molar-refractivity contribution in [3.8, 4) is 11.3 Å². The minimum Gasteiger partial charge on any atom is -0.378 e. The summed E-state index contributed by atoms with van der Waals surface area (Å²) < 4.78 is 0. The van der Waals surface area contributed by atoms with Crippen molar-refractivity contribution in [2.45, 2.75) is 25.3 Å². The zero-order valence-corrected chi connectivity index (χ0v) is 11.1. The SMILES string of the molecule is CNc1sc(C2CC2)nc1-c1ccc(CN)nc1. The summed E-state index contributed by atoms with van der Waals surface area (Å²) in [7, 11) is 1.94. The number of nitrogens with one attached hydrogen (secondary N) is 1. The Labute approximate surface area is 110 Å². The molecule has 94 valence electrons. The van der Waals surface area contributed by atoms with Gasteiger partial charge in [-0.25, -0.2) is 4.98 Å². The van der Waals surface area contributed by atoms with Crippen molar-refractivity contribution in [2.75, 3.05) is 12.4 Å². The normalized spacial score (nSPS) is 14.8. The predicted molar refractivity (Wildman–Crippen MR) is 74.8 cm³/mol. The maximum atomic E-state index is 5.56. The minimum absolute atomic E-state index is 0.476. The lowest BCUT2D eigenvalue weighted by Gasteiger charge is -2.02. The molecule has 2 aromatic heterocycles. The van der Waals surface area contributed by atoms with Gasteiger partial charge in [-0.15, -0.1) is 11.3 Å². The maximum Gasteiger partial charge on any atom is 0.117 e. The molecule has 4 nitrogen and oxygen atoms in total. The van der Waals surface area contributed by atoms with Gasteiger partial charge in [-0.3, -0.25) is 4.98 Å². The van der Waals surface area contributed by atoms with Crippen LogP contribution >= 0.6 is 11.3 Å². The lowest BCUT2D eigenvalue weighted by atomic mass is 10.2. The molecule has 3 N–H and O–H groups in total. The minimum atomic E-state index is 0.476. The molecule has 0 saturated heterocycles. The molecule has 1 saturated carbocycles. The fourth-order valence-corrected chi connectivity index (χ4v) is 3.00. The first-order valence-corrected chi connectivity index (χ1v) is 6.97. The summed E-state index contributed by atoms with van der Waals surface area (Å²) in [6, 6.07) is 4.01. The number of pyridine rings is 1. The van der Waals surface area contributed by atoms with Gasteiger partial charge in [-0.1, -0.05) is 0 Å². The molecule has 2 heterocycles. The van der Waals surface area contributed by atoms with E-state index in [0.717, 1.165) is 22.0 Å². The molecule has 5 heteroatoms. The summed E-state index contributed by atoms with van der Waals surface area (Å²) in [5.74, 6) is 0.687. The van der Waals surface area contributed by atoms with E-state index < -0.39 is 0 Å². The van der Waals surface area contributed by atoms with E-state index in [1.807, 2.05) is 25.4 Å². The van der Waals surface area contributed by atoms with Crippen LogP contribution in [0.3, 0.4) is 0 Å². The average molecular weight is 260 g/mol. The molecule has 0 aliphatic heterocycles. The molecule has 0 bridgehead atoms. The quantitative estimate of drug-likeness (QED) is 0.887. The Balaban J connectivity index is 1.97. The molecule has 3 rings (SSSR count). The second-order valence-corrected chi connectivity index (χ2v) is 5.53. The second-order valence-electron chi connectivity index (χ2n) is 4.50. The number of anilines is 1. The lowest BCUT2D eigenvalue weighted by molar-refractivity contribution is 0.990. The maximum absolute atomic E-state index is 5.56. The first kappa shape index (κ1) is 11.6. The molecule has 1 aliphatic rings. The van der Waals surface area contributed by atoms with E-state index in [4.69, 9.17) is 10.7 Å². The van der Waals surface area contributed by atoms with Crippen molar-refractivity contribution < 1.29 is 0 Å². The van der Waals surface area contributed by atoms with E-state index in [-0.39, 0.29) is 0 Å². The van der Waals surface area contributed by atoms with Crippen molar-refractivity contribution in [2.24, 2.45) is 5.73 Å². The molecule has 2 aromatic rings. The van der Waals surface area contributed by atoms with Crippen LogP contribution in [-0.4, -0.2) is 17.0 Å². The van der Waals surface area contributed by atoms with Crippen LogP contribution in [0.15, 0.2) is 18.3 Å². The number of rotatable bonds is 4. The monoisotopic (exact) mass is 260 g/mol. The Morgan fingerprint density at radius 3 is 2.83 bits per heavy atom. The highest BCUT2D eigenvalue weighted by molar-refractivity contribution is 7.16. The van der Waals surface area contributed by atoms with Gasteiger partial charge in [-0.2, -0.15) is 0 Å². The molecule has 0 amide bonds. The van der Waals surface area contributed by atoms with E-state index in [2.05, 4.69) is 10.3 Å². The van der Waals surface area contributed by atoms with Gasteiger partial charge in [0.05, 0.1) is 10.7 Å². The highest BCUT2D eigenvalue weighted by Gasteiger charge is 2.28. The Morgan fingerprint density at radius 2 is 2.28 bits per heavy atom. The average Bonchev–Trinajstić information content (AvgIpc) is 3.18. The third-order valence-electron chi connectivity index (χ3n) is 3.10. The van der Waals surface area contributed by atoms with E-state index in [9.17, 15) is 0 Å². The van der Waals surface area contributed by atoms with Gasteiger partial charge < -0.3 is 11.1 Å². The van der Waals surface area contributed by atoms with Crippen LogP contribution in [0.25, 0.3) is 11.3 Å². The largest absolute Gasteiger partial charge is 0.378 e. The van der Waals surface area contributed by atoms with Crippen LogP contribution in [-0.2, 0) is 6.54 Å². The Bertz CT molecular complexity index is 543. The van der Waals surface area contributed by atoms with Crippen molar-refractivity contribution in [3.05, 3.63) is 29.0 Å². The lowest BCUT2D eigenvalue weighted by Crippen LogP contribution is -1.99. The fourth-order valence-electron chi connectivity index (χ4n) is 1.89. The summed E-state index contributed by atoms with van der Waals surface area (Å²) in [5, 5.41) is 5.60. The summed E-state index contributed by atoms with van der Waals surface area (Å²) >= 11 is 1.76. The van der Waals surface area contributed by atoms with E-state index in [0.29, 0.717) is 12.5 Å². The molecule has 1 aliphatic carbocycles. The van der Waals surface area contributed by atoms with Crippen LogP contribution in [0.5, 0.6) is 0 Å². The van der Waals surface area contributed by atoms with Crippen LogP contribution in [0, 0.1) is 0 Å². The van der Waals surface area contributed by atoms with Gasteiger partial charge in [0.25, 0.3) is 0 Å². The molecule has 0 radical (unpaired) electrons. The van der Waals surface area contributed by atoms with Gasteiger partial charge in [0.15, 0.2) is 0 Å². The number of nitrogens with zero attached hydrogens (tertiary/aromatic N) is 2. The second kappa shape index (κ2) is 4.66. The molecule has 0 atom stereocenters. The zero-order chi connectivity index (χ0) is 12.5. The first-order chi connectivity index (χ1) is 8.81. The molecule has 0 spiro atoms. The zero-order valence-electron chi connectivity index (χ0n) is 10.3. The number of thiazole rings is 1. The van der Waals surface area contributed by atoms with Gasteiger partial charge >= 0.3 is 0 Å². The van der Waals surface area contributed by atoms with Gasteiger partial charge in [0.1, 0.15) is 10.7 Å². The third kappa shape index (κ3) is 2.11. The Kier molecular flexibility index (Phi) is 3.01. The molecule has 0 aromatic carbocycles. The summed E-state index contributed by atoms with van der Waals surface area (Å²) in [4.78, 5) is 9.08. The predicted octanol–water partition coefficient (Wildman–Crippen LogP) is 2.58. The summed E-state index contributed by atoms with van der Waals surface area (Å²) in [5.41, 5.74) is 8.53. The fraction of sp³-hybridized carbons (Fsp3) is 0.385. The summed E-state index contributed by atoms with van der Waals surface area (Å²) in [6.45, 7) is 0.476. The molecular weight excluding hydrogens is 244 g/mol. The number of hydrogen-bond donors (Lipinski definition) is 2. The Hall–Kier alpha value is -1.46. The van der Waals surface area contributed by atoms with Gasteiger partial charge in [0, 0.05) is 31.3 Å². The Morgan fingerprint density at radius 1 is 1.44 bits per heavy atom. The van der Waals surface area contributed by atoms with Crippen molar-refractivity contribution in [1.82, 2.24) is 9.97 Å². The van der Waals surface area contributed by atoms with Crippen LogP contribution in [0.1, 0.15) is 29.5 Å². The van der Waals surface area contributed by atoms with Gasteiger partial charge in [-0.05, 0) is 25.0 Å². The number of hydrogen-bond acceptors (Lipinski definition) is 5. The van der Waals surface area contributed by atoms with Crippen molar-refractivity contribution in [3.63, 3.8) is 0 Å². The van der Waals surface area contributed by atoms with Crippen molar-refractivity contribution in [1.29, 1.82) is 0 Å². The molecule has 0 unspecified atom stereocenters. The van der Waals surface area contributed by atoms with E-state index in [1.54, 1.807) is 11.3 Å². The molecular formula is C13H16N4S. The highest BCUT2D eigenvalue weighted by Crippen LogP contribution is 2.45. The van der Waals surface area contributed by atoms with Gasteiger partial charge in [0.2, 0.25) is 0 Å². The van der Waals surface area contributed by atoms with E-state index >= 15 is 0 Å². The molecule has 1 fully saturated rings. The van der Waals surface area contributed by atoms with E-state index in [1.165, 1.54) is 17.8 Å². The van der Waals surface area contributed by atoms with Crippen molar-refractivity contribution >= 4 is 16.3 Å². The summed E-state index contributed by atoms with van der Waals surface area (Å²) in [6.07, 6.45) is 4.41. The number of nitrogens with two attached hydrogens (primary N) is 1. The third-order valence-corrected chi connectivity index (χ3v) is 4.34. The van der Waals surface area contributed by atoms with Crippen LogP contribution in [0.2, 0.25) is 0 Å². The standard InChI is InChI=1S/C13H16N4S/c1-15-13-11(17-12(18-13)8-2-3-8)9-4-5-10(6-14)16-7-9/h4-5,7-8,15H,2-3,6,14H2,1H3.